The highest BCUT2D eigenvalue weighted by Gasteiger charge is 2.16. The van der Waals surface area contributed by atoms with E-state index in [2.05, 4.69) is 25.7 Å². The molecule has 0 aliphatic carbocycles. The number of anilines is 1. The SMILES string of the molecule is CN(c1ccc(F)cc1)C(C)(C)C. The topological polar surface area (TPSA) is 3.24 Å². The molecule has 0 radical (unpaired) electrons. The molecule has 0 unspecified atom stereocenters. The lowest BCUT2D eigenvalue weighted by Crippen LogP contribution is -2.37. The Balaban J connectivity index is 2.90. The van der Waals surface area contributed by atoms with Crippen LogP contribution in [0.5, 0.6) is 0 Å². The van der Waals surface area contributed by atoms with E-state index in [-0.39, 0.29) is 11.4 Å². The minimum absolute atomic E-state index is 0.0673. The third-order valence-corrected chi connectivity index (χ3v) is 2.22. The summed E-state index contributed by atoms with van der Waals surface area (Å²) in [4.78, 5) is 2.12. The van der Waals surface area contributed by atoms with Crippen LogP contribution in [0.3, 0.4) is 0 Å². The van der Waals surface area contributed by atoms with E-state index in [4.69, 9.17) is 0 Å². The predicted octanol–water partition coefficient (Wildman–Crippen LogP) is 3.06. The molecular formula is C11H16FN. The second kappa shape index (κ2) is 3.36. The Morgan fingerprint density at radius 2 is 1.54 bits per heavy atom. The molecule has 1 nitrogen and oxygen atoms in total. The van der Waals surface area contributed by atoms with Crippen LogP contribution in [0.1, 0.15) is 20.8 Å². The van der Waals surface area contributed by atoms with Gasteiger partial charge in [-0.25, -0.2) is 4.39 Å². The van der Waals surface area contributed by atoms with Crippen molar-refractivity contribution in [1.29, 1.82) is 0 Å². The normalized spacial score (nSPS) is 11.5. The first-order chi connectivity index (χ1) is 5.91. The zero-order valence-corrected chi connectivity index (χ0v) is 8.63. The first-order valence-electron chi connectivity index (χ1n) is 4.40. The standard InChI is InChI=1S/C11H16FN/c1-11(2,3)13(4)10-7-5-9(12)6-8-10/h5-8H,1-4H3. The molecule has 0 heterocycles. The Labute approximate surface area is 79.2 Å². The van der Waals surface area contributed by atoms with Crippen molar-refractivity contribution >= 4 is 5.69 Å². The average Bonchev–Trinajstić information content (AvgIpc) is 2.03. The summed E-state index contributed by atoms with van der Waals surface area (Å²) in [5, 5.41) is 0. The number of nitrogens with zero attached hydrogens (tertiary/aromatic N) is 1. The molecule has 0 bridgehead atoms. The van der Waals surface area contributed by atoms with Gasteiger partial charge in [-0.1, -0.05) is 0 Å². The third kappa shape index (κ3) is 2.44. The van der Waals surface area contributed by atoms with Crippen LogP contribution in [-0.4, -0.2) is 12.6 Å². The maximum Gasteiger partial charge on any atom is 0.123 e. The Hall–Kier alpha value is -1.05. The molecule has 0 aliphatic heterocycles. The second-order valence-corrected chi connectivity index (χ2v) is 4.21. The monoisotopic (exact) mass is 181 g/mol. The lowest BCUT2D eigenvalue weighted by Gasteiger charge is -2.34. The Kier molecular flexibility index (Phi) is 2.60. The van der Waals surface area contributed by atoms with Gasteiger partial charge in [0.15, 0.2) is 0 Å². The van der Waals surface area contributed by atoms with Crippen LogP contribution in [0, 0.1) is 5.82 Å². The molecule has 0 N–H and O–H groups in total. The van der Waals surface area contributed by atoms with E-state index in [9.17, 15) is 4.39 Å². The van der Waals surface area contributed by atoms with Crippen molar-refractivity contribution in [2.45, 2.75) is 26.3 Å². The molecule has 1 rings (SSSR count). The molecule has 2 heteroatoms. The molecule has 0 atom stereocenters. The van der Waals surface area contributed by atoms with Crippen molar-refractivity contribution in [2.75, 3.05) is 11.9 Å². The lowest BCUT2D eigenvalue weighted by molar-refractivity contribution is 0.538. The van der Waals surface area contributed by atoms with Gasteiger partial charge >= 0.3 is 0 Å². The van der Waals surface area contributed by atoms with Gasteiger partial charge in [-0.15, -0.1) is 0 Å². The van der Waals surface area contributed by atoms with E-state index in [1.54, 1.807) is 12.1 Å². The minimum Gasteiger partial charge on any atom is -0.370 e. The molecule has 72 valence electrons. The fraction of sp³-hybridized carbons (Fsp3) is 0.455. The predicted molar refractivity (Wildman–Crippen MR) is 54.6 cm³/mol. The van der Waals surface area contributed by atoms with Crippen molar-refractivity contribution in [3.8, 4) is 0 Å². The first kappa shape index (κ1) is 10.0. The fourth-order valence-corrected chi connectivity index (χ4v) is 1.05. The summed E-state index contributed by atoms with van der Waals surface area (Å²) in [5.74, 6) is -0.189. The molecule has 0 amide bonds. The summed E-state index contributed by atoms with van der Waals surface area (Å²) >= 11 is 0. The van der Waals surface area contributed by atoms with Crippen LogP contribution in [-0.2, 0) is 0 Å². The van der Waals surface area contributed by atoms with Crippen LogP contribution in [0.15, 0.2) is 24.3 Å². The molecular weight excluding hydrogens is 165 g/mol. The molecule has 0 spiro atoms. The van der Waals surface area contributed by atoms with Crippen molar-refractivity contribution in [3.05, 3.63) is 30.1 Å². The molecule has 0 saturated heterocycles. The first-order valence-corrected chi connectivity index (χ1v) is 4.40. The van der Waals surface area contributed by atoms with E-state index < -0.39 is 0 Å². The minimum atomic E-state index is -0.189. The molecule has 0 saturated carbocycles. The molecule has 1 aromatic rings. The van der Waals surface area contributed by atoms with E-state index in [1.807, 2.05) is 7.05 Å². The van der Waals surface area contributed by atoms with E-state index >= 15 is 0 Å². The Bertz CT molecular complexity index is 271. The summed E-state index contributed by atoms with van der Waals surface area (Å²) in [7, 11) is 2.01. The van der Waals surface area contributed by atoms with Gasteiger partial charge in [-0.05, 0) is 45.0 Å². The van der Waals surface area contributed by atoms with Gasteiger partial charge in [0, 0.05) is 18.3 Å². The Morgan fingerprint density at radius 3 is 1.92 bits per heavy atom. The molecule has 1 aromatic carbocycles. The summed E-state index contributed by atoms with van der Waals surface area (Å²) in [6.07, 6.45) is 0. The van der Waals surface area contributed by atoms with Crippen LogP contribution in [0.2, 0.25) is 0 Å². The highest BCUT2D eigenvalue weighted by Crippen LogP contribution is 2.21. The largest absolute Gasteiger partial charge is 0.370 e. The van der Waals surface area contributed by atoms with Crippen LogP contribution < -0.4 is 4.90 Å². The number of halogens is 1. The summed E-state index contributed by atoms with van der Waals surface area (Å²) in [6.45, 7) is 6.36. The molecule has 0 aliphatic rings. The van der Waals surface area contributed by atoms with E-state index in [0.717, 1.165) is 5.69 Å². The number of rotatable bonds is 1. The van der Waals surface area contributed by atoms with E-state index in [0.29, 0.717) is 0 Å². The molecule has 0 aromatic heterocycles. The number of hydrogen-bond donors (Lipinski definition) is 0. The Morgan fingerprint density at radius 1 is 1.08 bits per heavy atom. The van der Waals surface area contributed by atoms with Gasteiger partial charge < -0.3 is 4.90 Å². The maximum absolute atomic E-state index is 12.6. The average molecular weight is 181 g/mol. The van der Waals surface area contributed by atoms with Crippen molar-refractivity contribution in [2.24, 2.45) is 0 Å². The number of benzene rings is 1. The van der Waals surface area contributed by atoms with Gasteiger partial charge in [0.25, 0.3) is 0 Å². The lowest BCUT2D eigenvalue weighted by atomic mass is 10.1. The zero-order valence-electron chi connectivity index (χ0n) is 8.63. The third-order valence-electron chi connectivity index (χ3n) is 2.22. The van der Waals surface area contributed by atoms with Crippen LogP contribution >= 0.6 is 0 Å². The molecule has 0 fully saturated rings. The zero-order chi connectivity index (χ0) is 10.1. The van der Waals surface area contributed by atoms with Gasteiger partial charge in [0.1, 0.15) is 5.82 Å². The quantitative estimate of drug-likeness (QED) is 0.643. The van der Waals surface area contributed by atoms with Crippen LogP contribution in [0.25, 0.3) is 0 Å². The smallest absolute Gasteiger partial charge is 0.123 e. The fourth-order valence-electron chi connectivity index (χ4n) is 1.05. The highest BCUT2D eigenvalue weighted by molar-refractivity contribution is 5.47. The van der Waals surface area contributed by atoms with Crippen molar-refractivity contribution in [3.63, 3.8) is 0 Å². The summed E-state index contributed by atoms with van der Waals surface area (Å²) in [6, 6.07) is 6.55. The van der Waals surface area contributed by atoms with Crippen molar-refractivity contribution < 1.29 is 4.39 Å². The van der Waals surface area contributed by atoms with Crippen LogP contribution in [0.4, 0.5) is 10.1 Å². The van der Waals surface area contributed by atoms with Gasteiger partial charge in [0.05, 0.1) is 0 Å². The number of hydrogen-bond acceptors (Lipinski definition) is 1. The van der Waals surface area contributed by atoms with Gasteiger partial charge in [0.2, 0.25) is 0 Å². The van der Waals surface area contributed by atoms with E-state index in [1.165, 1.54) is 12.1 Å². The highest BCUT2D eigenvalue weighted by atomic mass is 19.1. The maximum atomic E-state index is 12.6. The molecule has 13 heavy (non-hydrogen) atoms. The second-order valence-electron chi connectivity index (χ2n) is 4.21. The van der Waals surface area contributed by atoms with Gasteiger partial charge in [-0.3, -0.25) is 0 Å². The summed E-state index contributed by atoms with van der Waals surface area (Å²) in [5.41, 5.74) is 1.10. The van der Waals surface area contributed by atoms with Crippen molar-refractivity contribution in [1.82, 2.24) is 0 Å². The summed E-state index contributed by atoms with van der Waals surface area (Å²) < 4.78 is 12.6. The van der Waals surface area contributed by atoms with Gasteiger partial charge in [-0.2, -0.15) is 0 Å².